The predicted octanol–water partition coefficient (Wildman–Crippen LogP) is 6.75. The van der Waals surface area contributed by atoms with Crippen LogP contribution in [0.4, 0.5) is 5.69 Å². The van der Waals surface area contributed by atoms with Crippen molar-refractivity contribution in [1.29, 1.82) is 0 Å². The van der Waals surface area contributed by atoms with E-state index >= 15 is 0 Å². The van der Waals surface area contributed by atoms with Crippen LogP contribution in [0.3, 0.4) is 0 Å². The fraction of sp³-hybridized carbons (Fsp3) is 0.741. The summed E-state index contributed by atoms with van der Waals surface area (Å²) < 4.78 is 38.8. The monoisotopic (exact) mass is 567 g/mol. The van der Waals surface area contributed by atoms with E-state index in [-0.39, 0.29) is 5.16 Å². The average Bonchev–Trinajstić information content (AvgIpc) is 3.09. The minimum atomic E-state index is -3.49. The van der Waals surface area contributed by atoms with Gasteiger partial charge in [-0.3, -0.25) is 9.34 Å². The molecule has 3 heterocycles. The maximum atomic E-state index is 13.1. The number of hydrogen-bond acceptors (Lipinski definition) is 3. The van der Waals surface area contributed by atoms with Crippen LogP contribution in [-0.2, 0) is 10.0 Å². The Morgan fingerprint density at radius 2 is 1.32 bits per heavy atom. The van der Waals surface area contributed by atoms with Crippen LogP contribution in [0.15, 0.2) is 33.9 Å². The molecule has 0 aliphatic carbocycles. The molecule has 3 aliphatic heterocycles. The maximum absolute atomic E-state index is 13.1. The van der Waals surface area contributed by atoms with Gasteiger partial charge in [-0.1, -0.05) is 52.5 Å². The molecule has 10 heteroatoms. The van der Waals surface area contributed by atoms with E-state index in [0.717, 1.165) is 39.0 Å². The first-order chi connectivity index (χ1) is 17.6. The molecule has 1 N–H and O–H groups in total. The van der Waals surface area contributed by atoms with Crippen molar-refractivity contribution in [1.82, 2.24) is 13.6 Å². The Hall–Kier alpha value is -0.830. The first-order valence-corrected chi connectivity index (χ1v) is 17.7. The molecule has 1 aromatic rings. The minimum Gasteiger partial charge on any atom is -0.331 e. The highest BCUT2D eigenvalue weighted by Crippen LogP contribution is 2.66. The van der Waals surface area contributed by atoms with Gasteiger partial charge in [0, 0.05) is 50.1 Å². The van der Waals surface area contributed by atoms with E-state index in [9.17, 15) is 8.42 Å². The van der Waals surface area contributed by atoms with Gasteiger partial charge in [0.05, 0.1) is 4.90 Å². The van der Waals surface area contributed by atoms with E-state index in [1.807, 2.05) is 6.07 Å². The molecule has 7 nitrogen and oxygen atoms in total. The van der Waals surface area contributed by atoms with Crippen LogP contribution in [0.5, 0.6) is 0 Å². The molecule has 37 heavy (non-hydrogen) atoms. The Labute approximate surface area is 230 Å². The Kier molecular flexibility index (Phi) is 9.90. The highest BCUT2D eigenvalue weighted by atomic mass is 32.2. The van der Waals surface area contributed by atoms with Crippen LogP contribution in [0, 0.1) is 0 Å². The lowest BCUT2D eigenvalue weighted by molar-refractivity contribution is 0.368. The van der Waals surface area contributed by atoms with Crippen LogP contribution in [-0.4, -0.2) is 71.6 Å². The van der Waals surface area contributed by atoms with E-state index in [2.05, 4.69) is 35.4 Å². The number of rotatable bonds is 5. The molecule has 0 saturated carbocycles. The van der Waals surface area contributed by atoms with Crippen molar-refractivity contribution in [2.24, 2.45) is 4.74 Å². The van der Waals surface area contributed by atoms with Gasteiger partial charge in [-0.2, -0.15) is 4.31 Å². The van der Waals surface area contributed by atoms with Gasteiger partial charge in [0.1, 0.15) is 7.36 Å². The van der Waals surface area contributed by atoms with Gasteiger partial charge in [-0.15, -0.1) is 0 Å². The SMILES string of the molecule is CC(C)(C)P(=NC(=S)Nc1cccc(S(=O)(=O)N2CCCC2)c1)(N1CCCCCC1)N1CCCCCC1. The summed E-state index contributed by atoms with van der Waals surface area (Å²) in [6.45, 7) is 12.5. The zero-order valence-corrected chi connectivity index (χ0v) is 25.5. The quantitative estimate of drug-likeness (QED) is 0.314. The lowest BCUT2D eigenvalue weighted by Gasteiger charge is -2.50. The normalized spacial score (nSPS) is 21.8. The van der Waals surface area contributed by atoms with Crippen molar-refractivity contribution in [2.45, 2.75) is 95.0 Å². The van der Waals surface area contributed by atoms with Gasteiger partial charge >= 0.3 is 0 Å². The number of anilines is 1. The lowest BCUT2D eigenvalue weighted by atomic mass is 10.2. The summed E-state index contributed by atoms with van der Waals surface area (Å²) in [4.78, 5) is 0.319. The molecule has 1 aromatic carbocycles. The largest absolute Gasteiger partial charge is 0.331 e. The fourth-order valence-electron chi connectivity index (χ4n) is 6.06. The van der Waals surface area contributed by atoms with Crippen LogP contribution in [0.2, 0.25) is 0 Å². The second-order valence-electron chi connectivity index (χ2n) is 11.6. The molecule has 4 rings (SSSR count). The summed E-state index contributed by atoms with van der Waals surface area (Å²) in [6.07, 6.45) is 11.8. The van der Waals surface area contributed by atoms with Crippen molar-refractivity contribution >= 4 is 40.4 Å². The van der Waals surface area contributed by atoms with Crippen LogP contribution in [0.25, 0.3) is 0 Å². The van der Waals surface area contributed by atoms with Crippen molar-refractivity contribution < 1.29 is 8.42 Å². The second kappa shape index (κ2) is 12.6. The molecule has 3 aliphatic rings. The second-order valence-corrected chi connectivity index (χ2v) is 17.8. The third-order valence-electron chi connectivity index (χ3n) is 7.87. The van der Waals surface area contributed by atoms with Gasteiger partial charge < -0.3 is 5.32 Å². The van der Waals surface area contributed by atoms with E-state index in [1.165, 1.54) is 51.4 Å². The van der Waals surface area contributed by atoms with E-state index in [0.29, 0.717) is 28.8 Å². The van der Waals surface area contributed by atoms with Crippen molar-refractivity contribution in [3.8, 4) is 0 Å². The molecule has 0 spiro atoms. The molecule has 0 aromatic heterocycles. The Bertz CT molecular complexity index is 1060. The molecule has 3 saturated heterocycles. The molecule has 0 amide bonds. The molecule has 0 bridgehead atoms. The number of nitrogens with one attached hydrogen (secondary N) is 1. The first-order valence-electron chi connectivity index (χ1n) is 14.2. The molecule has 208 valence electrons. The maximum Gasteiger partial charge on any atom is 0.243 e. The van der Waals surface area contributed by atoms with E-state index in [4.69, 9.17) is 17.0 Å². The van der Waals surface area contributed by atoms with Crippen LogP contribution < -0.4 is 5.32 Å². The van der Waals surface area contributed by atoms with Crippen molar-refractivity contribution in [3.05, 3.63) is 24.3 Å². The molecule has 0 unspecified atom stereocenters. The minimum absolute atomic E-state index is 0.0612. The molecule has 0 atom stereocenters. The third-order valence-corrected chi connectivity index (χ3v) is 14.8. The van der Waals surface area contributed by atoms with Crippen molar-refractivity contribution in [3.63, 3.8) is 0 Å². The summed E-state index contributed by atoms with van der Waals surface area (Å²) >= 11 is 5.94. The molecular weight excluding hydrogens is 521 g/mol. The Morgan fingerprint density at radius 1 is 0.838 bits per heavy atom. The Balaban J connectivity index is 1.69. The summed E-state index contributed by atoms with van der Waals surface area (Å²) in [5.74, 6) is 0. The van der Waals surface area contributed by atoms with Crippen molar-refractivity contribution in [2.75, 3.05) is 44.6 Å². The van der Waals surface area contributed by atoms with Crippen LogP contribution >= 0.6 is 19.6 Å². The highest BCUT2D eigenvalue weighted by Gasteiger charge is 2.44. The number of benzene rings is 1. The zero-order valence-electron chi connectivity index (χ0n) is 23.0. The molecule has 3 fully saturated rings. The predicted molar refractivity (Wildman–Crippen MR) is 160 cm³/mol. The van der Waals surface area contributed by atoms with Gasteiger partial charge in [-0.05, 0) is 68.9 Å². The zero-order chi connectivity index (χ0) is 26.5. The van der Waals surface area contributed by atoms with E-state index < -0.39 is 17.4 Å². The smallest absolute Gasteiger partial charge is 0.243 e. The summed E-state index contributed by atoms with van der Waals surface area (Å²) in [5, 5.41) is 3.74. The number of thiocarbonyl (C=S) groups is 1. The van der Waals surface area contributed by atoms with Gasteiger partial charge in [0.2, 0.25) is 10.0 Å². The summed E-state index contributed by atoms with van der Waals surface area (Å²) in [7, 11) is -5.67. The van der Waals surface area contributed by atoms with E-state index in [1.54, 1.807) is 22.5 Å². The number of sulfonamides is 1. The van der Waals surface area contributed by atoms with Gasteiger partial charge in [0.15, 0.2) is 5.11 Å². The standard InChI is InChI=1S/C27H46N5O2PS2/c1-27(2,3)35(30-17-8-4-5-9-18-30,31-19-10-6-7-11-20-31)29-26(36)28-24-15-14-16-25(23-24)37(33,34)32-21-12-13-22-32/h14-16,23H,4-13,17-22H2,1-3H3,(H,28,36). The fourth-order valence-corrected chi connectivity index (χ4v) is 12.7. The topological polar surface area (TPSA) is 68.2 Å². The molecular formula is C27H46N5O2PS2. The summed E-state index contributed by atoms with van der Waals surface area (Å²) in [5.41, 5.74) is 0.688. The third kappa shape index (κ3) is 6.67. The average molecular weight is 568 g/mol. The lowest BCUT2D eigenvalue weighted by Crippen LogP contribution is -2.42. The van der Waals surface area contributed by atoms with Gasteiger partial charge in [-0.25, -0.2) is 13.2 Å². The number of nitrogens with zero attached hydrogens (tertiary/aromatic N) is 4. The first kappa shape index (κ1) is 29.2. The highest BCUT2D eigenvalue weighted by molar-refractivity contribution is 7.89. The molecule has 0 radical (unpaired) electrons. The Morgan fingerprint density at radius 3 is 1.81 bits per heavy atom. The van der Waals surface area contributed by atoms with Crippen LogP contribution in [0.1, 0.15) is 85.0 Å². The number of hydrogen-bond donors (Lipinski definition) is 1. The van der Waals surface area contributed by atoms with Gasteiger partial charge in [0.25, 0.3) is 0 Å². The summed E-state index contributed by atoms with van der Waals surface area (Å²) in [6, 6.07) is 7.08.